The second-order valence-corrected chi connectivity index (χ2v) is 5.31. The van der Waals surface area contributed by atoms with Gasteiger partial charge in [0.05, 0.1) is 5.52 Å². The molecule has 0 atom stereocenters. The van der Waals surface area contributed by atoms with Gasteiger partial charge in [0.25, 0.3) is 0 Å². The van der Waals surface area contributed by atoms with Gasteiger partial charge in [0, 0.05) is 24.7 Å². The smallest absolute Gasteiger partial charge is 0.408 e. The number of hydrogen-bond donors (Lipinski definition) is 2. The Labute approximate surface area is 110 Å². The van der Waals surface area contributed by atoms with Gasteiger partial charge < -0.3 is 15.1 Å². The van der Waals surface area contributed by atoms with Crippen LogP contribution in [0.25, 0.3) is 11.1 Å². The number of hydrogen-bond acceptors (Lipinski definition) is 4. The van der Waals surface area contributed by atoms with Crippen molar-refractivity contribution in [2.75, 3.05) is 11.9 Å². The molecule has 0 aliphatic rings. The molecule has 6 nitrogen and oxygen atoms in total. The van der Waals surface area contributed by atoms with Gasteiger partial charge in [-0.1, -0.05) is 0 Å². The van der Waals surface area contributed by atoms with E-state index >= 15 is 0 Å². The van der Waals surface area contributed by atoms with Crippen LogP contribution in [0.2, 0.25) is 0 Å². The summed E-state index contributed by atoms with van der Waals surface area (Å²) in [6.07, 6.45) is 0.240. The molecule has 1 heterocycles. The Morgan fingerprint density at radius 1 is 1.47 bits per heavy atom. The normalized spacial score (nSPS) is 11.8. The van der Waals surface area contributed by atoms with E-state index in [2.05, 4.69) is 4.98 Å². The van der Waals surface area contributed by atoms with E-state index in [0.717, 1.165) is 0 Å². The summed E-state index contributed by atoms with van der Waals surface area (Å²) in [5, 5.41) is 0. The van der Waals surface area contributed by atoms with E-state index in [9.17, 15) is 9.59 Å². The molecular formula is C13H17N3O3. The van der Waals surface area contributed by atoms with E-state index in [-0.39, 0.29) is 12.3 Å². The maximum absolute atomic E-state index is 12.1. The van der Waals surface area contributed by atoms with Gasteiger partial charge in [0.2, 0.25) is 5.91 Å². The van der Waals surface area contributed by atoms with Crippen LogP contribution in [0, 0.1) is 0 Å². The first-order valence-corrected chi connectivity index (χ1v) is 5.94. The number of amides is 1. The molecule has 0 saturated carbocycles. The number of rotatable bonds is 3. The van der Waals surface area contributed by atoms with Crippen LogP contribution >= 0.6 is 0 Å². The number of oxazole rings is 1. The van der Waals surface area contributed by atoms with Crippen molar-refractivity contribution in [3.8, 4) is 0 Å². The van der Waals surface area contributed by atoms with E-state index in [4.69, 9.17) is 10.2 Å². The Hall–Kier alpha value is -2.08. The molecule has 2 rings (SSSR count). The molecular weight excluding hydrogens is 246 g/mol. The van der Waals surface area contributed by atoms with Crippen LogP contribution in [0.3, 0.4) is 0 Å². The molecule has 0 spiro atoms. The first-order chi connectivity index (χ1) is 8.76. The Kier molecular flexibility index (Phi) is 3.20. The highest BCUT2D eigenvalue weighted by Crippen LogP contribution is 2.20. The molecule has 1 amide bonds. The molecule has 0 aliphatic carbocycles. The number of aromatic nitrogens is 1. The maximum atomic E-state index is 12.1. The number of aromatic amines is 1. The minimum Gasteiger partial charge on any atom is -0.408 e. The molecule has 2 aromatic rings. The number of nitrogens with two attached hydrogens (primary N) is 1. The third-order valence-electron chi connectivity index (χ3n) is 2.77. The summed E-state index contributed by atoms with van der Waals surface area (Å²) in [5.41, 5.74) is 6.99. The van der Waals surface area contributed by atoms with E-state index < -0.39 is 11.3 Å². The third-order valence-corrected chi connectivity index (χ3v) is 2.77. The fraction of sp³-hybridized carbons (Fsp3) is 0.385. The average molecular weight is 263 g/mol. The number of nitrogens with one attached hydrogen (secondary N) is 1. The SMILES string of the molecule is CN(C(=O)CC(C)(C)N)c1ccc2oc(=O)[nH]c2c1. The van der Waals surface area contributed by atoms with Gasteiger partial charge in [-0.2, -0.15) is 0 Å². The van der Waals surface area contributed by atoms with Crippen molar-refractivity contribution < 1.29 is 9.21 Å². The van der Waals surface area contributed by atoms with Gasteiger partial charge in [0.15, 0.2) is 5.58 Å². The molecule has 0 bridgehead atoms. The van der Waals surface area contributed by atoms with Crippen LogP contribution in [0.5, 0.6) is 0 Å². The van der Waals surface area contributed by atoms with Gasteiger partial charge in [0.1, 0.15) is 0 Å². The topological polar surface area (TPSA) is 92.3 Å². The monoisotopic (exact) mass is 263 g/mol. The minimum absolute atomic E-state index is 0.0855. The minimum atomic E-state index is -0.556. The van der Waals surface area contributed by atoms with E-state index in [1.54, 1.807) is 39.1 Å². The highest BCUT2D eigenvalue weighted by atomic mass is 16.4. The van der Waals surface area contributed by atoms with Crippen molar-refractivity contribution >= 4 is 22.7 Å². The summed E-state index contributed by atoms with van der Waals surface area (Å²) in [7, 11) is 1.67. The van der Waals surface area contributed by atoms with Crippen LogP contribution in [-0.4, -0.2) is 23.5 Å². The highest BCUT2D eigenvalue weighted by Gasteiger charge is 2.20. The van der Waals surface area contributed by atoms with Crippen molar-refractivity contribution in [1.82, 2.24) is 4.98 Å². The third kappa shape index (κ3) is 3.03. The zero-order valence-electron chi connectivity index (χ0n) is 11.2. The molecule has 102 valence electrons. The highest BCUT2D eigenvalue weighted by molar-refractivity contribution is 5.95. The standard InChI is InChI=1S/C13H17N3O3/c1-13(2,14)7-11(17)16(3)8-4-5-10-9(6-8)15-12(18)19-10/h4-6H,7,14H2,1-3H3,(H,15,18). The van der Waals surface area contributed by atoms with Crippen molar-refractivity contribution in [3.63, 3.8) is 0 Å². The van der Waals surface area contributed by atoms with Gasteiger partial charge in [-0.05, 0) is 32.0 Å². The molecule has 3 N–H and O–H groups in total. The fourth-order valence-electron chi connectivity index (χ4n) is 1.80. The summed E-state index contributed by atoms with van der Waals surface area (Å²) in [6.45, 7) is 3.60. The van der Waals surface area contributed by atoms with E-state index in [1.807, 2.05) is 0 Å². The van der Waals surface area contributed by atoms with Gasteiger partial charge in [-0.15, -0.1) is 0 Å². The second-order valence-electron chi connectivity index (χ2n) is 5.31. The first kappa shape index (κ1) is 13.4. The Balaban J connectivity index is 2.28. The zero-order chi connectivity index (χ0) is 14.2. The molecule has 0 fully saturated rings. The predicted molar refractivity (Wildman–Crippen MR) is 73.1 cm³/mol. The number of H-pyrrole nitrogens is 1. The maximum Gasteiger partial charge on any atom is 0.417 e. The molecule has 0 unspecified atom stereocenters. The number of fused-ring (bicyclic) bond motifs is 1. The van der Waals surface area contributed by atoms with Crippen molar-refractivity contribution in [3.05, 3.63) is 28.7 Å². The molecule has 0 aliphatic heterocycles. The van der Waals surface area contributed by atoms with Gasteiger partial charge in [-0.25, -0.2) is 4.79 Å². The quantitative estimate of drug-likeness (QED) is 0.870. The molecule has 1 aromatic carbocycles. The average Bonchev–Trinajstić information content (AvgIpc) is 2.64. The molecule has 1 aromatic heterocycles. The van der Waals surface area contributed by atoms with Crippen LogP contribution in [-0.2, 0) is 4.79 Å². The summed E-state index contributed by atoms with van der Waals surface area (Å²) in [6, 6.07) is 5.07. The molecule has 0 radical (unpaired) electrons. The molecule has 0 saturated heterocycles. The summed E-state index contributed by atoms with van der Waals surface area (Å²) in [4.78, 5) is 27.2. The fourth-order valence-corrected chi connectivity index (χ4v) is 1.80. The lowest BCUT2D eigenvalue weighted by Crippen LogP contribution is -2.39. The number of carbonyl (C=O) groups is 1. The first-order valence-electron chi connectivity index (χ1n) is 5.94. The number of anilines is 1. The lowest BCUT2D eigenvalue weighted by atomic mass is 10.0. The Morgan fingerprint density at radius 2 is 2.16 bits per heavy atom. The molecule has 19 heavy (non-hydrogen) atoms. The largest absolute Gasteiger partial charge is 0.417 e. The van der Waals surface area contributed by atoms with Crippen LogP contribution in [0.15, 0.2) is 27.4 Å². The Morgan fingerprint density at radius 3 is 2.79 bits per heavy atom. The number of nitrogens with zero attached hydrogens (tertiary/aromatic N) is 1. The predicted octanol–water partition coefficient (Wildman–Crippen LogP) is 1.21. The van der Waals surface area contributed by atoms with Crippen molar-refractivity contribution in [2.24, 2.45) is 5.73 Å². The zero-order valence-corrected chi connectivity index (χ0v) is 11.2. The van der Waals surface area contributed by atoms with Gasteiger partial charge >= 0.3 is 5.76 Å². The van der Waals surface area contributed by atoms with E-state index in [0.29, 0.717) is 16.8 Å². The van der Waals surface area contributed by atoms with Crippen LogP contribution in [0.1, 0.15) is 20.3 Å². The van der Waals surface area contributed by atoms with Crippen molar-refractivity contribution in [1.29, 1.82) is 0 Å². The number of carbonyl (C=O) groups excluding carboxylic acids is 1. The summed E-state index contributed by atoms with van der Waals surface area (Å²) >= 11 is 0. The van der Waals surface area contributed by atoms with E-state index in [1.165, 1.54) is 4.90 Å². The number of benzene rings is 1. The second kappa shape index (κ2) is 4.55. The summed E-state index contributed by atoms with van der Waals surface area (Å²) < 4.78 is 4.91. The summed E-state index contributed by atoms with van der Waals surface area (Å²) in [5.74, 6) is -0.595. The Bertz CT molecular complexity index is 664. The van der Waals surface area contributed by atoms with Crippen LogP contribution in [0.4, 0.5) is 5.69 Å². The van der Waals surface area contributed by atoms with Crippen LogP contribution < -0.4 is 16.4 Å². The van der Waals surface area contributed by atoms with Gasteiger partial charge in [-0.3, -0.25) is 9.78 Å². The lowest BCUT2D eigenvalue weighted by Gasteiger charge is -2.23. The lowest BCUT2D eigenvalue weighted by molar-refractivity contribution is -0.119. The van der Waals surface area contributed by atoms with Crippen molar-refractivity contribution in [2.45, 2.75) is 25.8 Å². The molecule has 6 heteroatoms.